The predicted molar refractivity (Wildman–Crippen MR) is 225 cm³/mol. The number of hydrazine groups is 1. The molecule has 0 radical (unpaired) electrons. The van der Waals surface area contributed by atoms with Gasteiger partial charge in [0.05, 0.1) is 30.4 Å². The van der Waals surface area contributed by atoms with Crippen molar-refractivity contribution in [1.29, 1.82) is 0 Å². The maximum absolute atomic E-state index is 14.6. The lowest BCUT2D eigenvalue weighted by Crippen LogP contribution is -2.66. The van der Waals surface area contributed by atoms with Gasteiger partial charge in [-0.1, -0.05) is 84.1 Å². The van der Waals surface area contributed by atoms with Crippen LogP contribution in [0.25, 0.3) is 21.0 Å². The van der Waals surface area contributed by atoms with Gasteiger partial charge in [0.25, 0.3) is 5.91 Å². The van der Waals surface area contributed by atoms with Crippen molar-refractivity contribution in [3.8, 4) is 5.75 Å². The molecule has 2 aliphatic rings. The maximum Gasteiger partial charge on any atom is 0.332 e. The minimum atomic E-state index is -0.858. The van der Waals surface area contributed by atoms with Gasteiger partial charge in [0.2, 0.25) is 11.8 Å². The molecule has 2 atom stereocenters. The average Bonchev–Trinajstić information content (AvgIpc) is 3.77. The van der Waals surface area contributed by atoms with Gasteiger partial charge in [0.15, 0.2) is 5.13 Å². The fourth-order valence-electron chi connectivity index (χ4n) is 7.94. The van der Waals surface area contributed by atoms with Crippen LogP contribution in [0.1, 0.15) is 40.9 Å². The van der Waals surface area contributed by atoms with Gasteiger partial charge in [-0.2, -0.15) is 5.01 Å². The second kappa shape index (κ2) is 16.2. The van der Waals surface area contributed by atoms with Crippen molar-refractivity contribution in [2.75, 3.05) is 31.2 Å². The van der Waals surface area contributed by atoms with Gasteiger partial charge in [-0.15, -0.1) is 0 Å². The number of anilines is 2. The van der Waals surface area contributed by atoms with Gasteiger partial charge < -0.3 is 30.9 Å². The third kappa shape index (κ3) is 7.63. The molecule has 6 aromatic rings. The molecule has 0 aliphatic carbocycles. The first kappa shape index (κ1) is 38.4. The number of ether oxygens (including phenoxy) is 1. The first-order valence-corrected chi connectivity index (χ1v) is 20.0. The van der Waals surface area contributed by atoms with Crippen LogP contribution < -0.4 is 21.1 Å². The number of rotatable bonds is 11. The number of carbonyl (C=O) groups excluding carboxylic acids is 4. The van der Waals surface area contributed by atoms with Crippen molar-refractivity contribution in [3.63, 3.8) is 0 Å². The SMILES string of the molecule is COc1ccc(CNC(=O)N(C(C)C)N2CC(=O)N3[C@@H](Cc4ccc(NC(=O)c5cccc6ccccc56)cc4)C(=O)N(Cc4cccc5sc(N)nc45)C[C@@H]32)cc1. The maximum atomic E-state index is 14.6. The van der Waals surface area contributed by atoms with Crippen LogP contribution >= 0.6 is 11.3 Å². The molecule has 58 heavy (non-hydrogen) atoms. The van der Waals surface area contributed by atoms with E-state index in [2.05, 4.69) is 15.6 Å². The van der Waals surface area contributed by atoms with E-state index in [1.165, 1.54) is 11.3 Å². The number of piperazine rings is 1. The molecule has 13 nitrogen and oxygen atoms in total. The number of nitrogens with two attached hydrogens (primary N) is 1. The van der Waals surface area contributed by atoms with Crippen LogP contribution in [0, 0.1) is 0 Å². The average molecular weight is 797 g/mol. The number of benzene rings is 5. The number of urea groups is 1. The summed E-state index contributed by atoms with van der Waals surface area (Å²) in [5.74, 6) is 0.0347. The van der Waals surface area contributed by atoms with Crippen molar-refractivity contribution in [1.82, 2.24) is 30.1 Å². The summed E-state index contributed by atoms with van der Waals surface area (Å²) in [5, 5.41) is 11.7. The third-order valence-corrected chi connectivity index (χ3v) is 11.5. The number of hydrogen-bond donors (Lipinski definition) is 3. The zero-order valence-corrected chi connectivity index (χ0v) is 33.2. The van der Waals surface area contributed by atoms with Crippen LogP contribution in [-0.2, 0) is 29.1 Å². The summed E-state index contributed by atoms with van der Waals surface area (Å²) >= 11 is 1.38. The Morgan fingerprint density at radius 2 is 1.66 bits per heavy atom. The van der Waals surface area contributed by atoms with E-state index in [0.717, 1.165) is 43.4 Å². The van der Waals surface area contributed by atoms with Crippen LogP contribution in [0.5, 0.6) is 5.75 Å². The van der Waals surface area contributed by atoms with E-state index in [1.807, 2.05) is 105 Å². The number of fused-ring (bicyclic) bond motifs is 3. The number of nitrogen functional groups attached to an aromatic ring is 1. The second-order valence-electron chi connectivity index (χ2n) is 14.8. The molecule has 8 rings (SSSR count). The summed E-state index contributed by atoms with van der Waals surface area (Å²) in [4.78, 5) is 64.0. The third-order valence-electron chi connectivity index (χ3n) is 10.7. The van der Waals surface area contributed by atoms with E-state index in [9.17, 15) is 19.2 Å². The molecule has 3 heterocycles. The molecule has 296 valence electrons. The Balaban J connectivity index is 1.06. The Morgan fingerprint density at radius 1 is 0.931 bits per heavy atom. The number of para-hydroxylation sites is 1. The zero-order chi connectivity index (χ0) is 40.5. The fraction of sp³-hybridized carbons (Fsp3) is 0.250. The van der Waals surface area contributed by atoms with Crippen molar-refractivity contribution in [2.24, 2.45) is 0 Å². The van der Waals surface area contributed by atoms with Crippen LogP contribution in [0.4, 0.5) is 15.6 Å². The smallest absolute Gasteiger partial charge is 0.332 e. The number of methoxy groups -OCH3 is 1. The van der Waals surface area contributed by atoms with E-state index < -0.39 is 12.2 Å². The number of hydrogen-bond acceptors (Lipinski definition) is 9. The van der Waals surface area contributed by atoms with E-state index in [0.29, 0.717) is 16.4 Å². The first-order chi connectivity index (χ1) is 28.1. The second-order valence-corrected chi connectivity index (χ2v) is 15.8. The highest BCUT2D eigenvalue weighted by Crippen LogP contribution is 2.33. The number of carbonyl (C=O) groups is 4. The standard InChI is InChI=1S/C44H44N8O5S/c1-27(2)52(44(56)46-23-29-16-20-33(57-3)21-17-29)50-26-39(53)51-36(42(55)49(25-38(50)51)24-31-10-7-13-37-40(31)48-43(45)58-37)22-28-14-18-32(19-15-28)47-41(54)35-12-6-9-30-8-4-5-11-34(30)35/h4-21,27,36,38H,22-26H2,1-3H3,(H2,45,48)(H,46,56)(H,47,54)/t36-,38+/m0/s1. The molecular weight excluding hydrogens is 753 g/mol. The van der Waals surface area contributed by atoms with Crippen molar-refractivity contribution >= 4 is 66.9 Å². The number of aromatic nitrogens is 1. The summed E-state index contributed by atoms with van der Waals surface area (Å²) in [5.41, 5.74) is 10.5. The number of nitrogens with one attached hydrogen (secondary N) is 2. The van der Waals surface area contributed by atoms with Crippen LogP contribution in [0.2, 0.25) is 0 Å². The first-order valence-electron chi connectivity index (χ1n) is 19.2. The molecule has 0 unspecified atom stereocenters. The lowest BCUT2D eigenvalue weighted by molar-refractivity contribution is -0.158. The van der Waals surface area contributed by atoms with Crippen LogP contribution in [-0.4, -0.2) is 87.0 Å². The molecule has 0 saturated carbocycles. The minimum Gasteiger partial charge on any atom is -0.497 e. The molecule has 5 aromatic carbocycles. The summed E-state index contributed by atoms with van der Waals surface area (Å²) in [6, 6.07) is 32.4. The highest BCUT2D eigenvalue weighted by Gasteiger charge is 2.52. The normalized spacial score (nSPS) is 16.9. The van der Waals surface area contributed by atoms with Crippen molar-refractivity contribution in [3.05, 3.63) is 131 Å². The molecular formula is C44H44N8O5S. The van der Waals surface area contributed by atoms with E-state index in [1.54, 1.807) is 45.1 Å². The van der Waals surface area contributed by atoms with E-state index in [4.69, 9.17) is 10.5 Å². The monoisotopic (exact) mass is 796 g/mol. The Hall–Kier alpha value is -6.51. The molecule has 2 fully saturated rings. The summed E-state index contributed by atoms with van der Waals surface area (Å²) in [6.07, 6.45) is -0.398. The Morgan fingerprint density at radius 3 is 2.41 bits per heavy atom. The Bertz CT molecular complexity index is 2500. The van der Waals surface area contributed by atoms with Gasteiger partial charge in [-0.25, -0.2) is 9.78 Å². The summed E-state index contributed by atoms with van der Waals surface area (Å²) in [6.45, 7) is 4.41. The number of thiazole rings is 1. The van der Waals surface area contributed by atoms with Gasteiger partial charge in [-0.3, -0.25) is 19.4 Å². The molecule has 4 N–H and O–H groups in total. The molecule has 0 spiro atoms. The molecule has 0 bridgehead atoms. The lowest BCUT2D eigenvalue weighted by Gasteiger charge is -2.47. The van der Waals surface area contributed by atoms with Crippen molar-refractivity contribution < 1.29 is 23.9 Å². The van der Waals surface area contributed by atoms with E-state index >= 15 is 0 Å². The fourth-order valence-corrected chi connectivity index (χ4v) is 8.72. The molecule has 2 aliphatic heterocycles. The lowest BCUT2D eigenvalue weighted by atomic mass is 9.99. The van der Waals surface area contributed by atoms with Crippen LogP contribution in [0.3, 0.4) is 0 Å². The highest BCUT2D eigenvalue weighted by molar-refractivity contribution is 7.22. The van der Waals surface area contributed by atoms with Gasteiger partial charge in [-0.05, 0) is 77.7 Å². The minimum absolute atomic E-state index is 0.0756. The van der Waals surface area contributed by atoms with Gasteiger partial charge >= 0.3 is 6.03 Å². The van der Waals surface area contributed by atoms with E-state index in [-0.39, 0.29) is 62.4 Å². The quantitative estimate of drug-likeness (QED) is 0.139. The number of nitrogens with zero attached hydrogens (tertiary/aromatic N) is 5. The number of amides is 5. The molecule has 2 saturated heterocycles. The highest BCUT2D eigenvalue weighted by atomic mass is 32.1. The van der Waals surface area contributed by atoms with Crippen LogP contribution in [0.15, 0.2) is 109 Å². The molecule has 14 heteroatoms. The predicted octanol–water partition coefficient (Wildman–Crippen LogP) is 6.25. The van der Waals surface area contributed by atoms with Gasteiger partial charge in [0, 0.05) is 36.8 Å². The Labute approximate surface area is 339 Å². The Kier molecular flexibility index (Phi) is 10.7. The summed E-state index contributed by atoms with van der Waals surface area (Å²) < 4.78 is 6.19. The zero-order valence-electron chi connectivity index (χ0n) is 32.4. The van der Waals surface area contributed by atoms with Crippen molar-refractivity contribution in [2.45, 2.75) is 51.6 Å². The summed E-state index contributed by atoms with van der Waals surface area (Å²) in [7, 11) is 1.60. The van der Waals surface area contributed by atoms with Gasteiger partial charge in [0.1, 0.15) is 18.0 Å². The molecule has 1 aromatic heterocycles. The molecule has 5 amide bonds. The topological polar surface area (TPSA) is 153 Å². The largest absolute Gasteiger partial charge is 0.497 e.